The topological polar surface area (TPSA) is 47.0 Å². The molecule has 0 atom stereocenters. The van der Waals surface area contributed by atoms with Crippen LogP contribution in [0.25, 0.3) is 0 Å². The van der Waals surface area contributed by atoms with Crippen molar-refractivity contribution in [2.45, 2.75) is 12.7 Å². The first-order chi connectivity index (χ1) is 5.47. The van der Waals surface area contributed by atoms with E-state index in [-0.39, 0.29) is 5.69 Å². The van der Waals surface area contributed by atoms with Crippen molar-refractivity contribution < 1.29 is 12.3 Å². The maximum absolute atomic E-state index is 12.1. The van der Waals surface area contributed by atoms with Gasteiger partial charge in [-0.3, -0.25) is 4.98 Å². The SMILES string of the molecule is Cc1cccc(CS(=O)(=O)F)n1. The minimum atomic E-state index is -4.46. The minimum absolute atomic E-state index is 0.234. The lowest BCUT2D eigenvalue weighted by Crippen LogP contribution is -1.99. The Balaban J connectivity index is 2.91. The number of nitrogens with zero attached hydrogens (tertiary/aromatic N) is 1. The molecule has 0 fully saturated rings. The van der Waals surface area contributed by atoms with Crippen molar-refractivity contribution in [2.75, 3.05) is 0 Å². The van der Waals surface area contributed by atoms with Crippen LogP contribution in [-0.2, 0) is 16.0 Å². The van der Waals surface area contributed by atoms with Gasteiger partial charge in [-0.05, 0) is 19.1 Å². The second-order valence-electron chi connectivity index (χ2n) is 2.45. The van der Waals surface area contributed by atoms with Crippen molar-refractivity contribution in [3.8, 4) is 0 Å². The number of aryl methyl sites for hydroxylation is 1. The van der Waals surface area contributed by atoms with Crippen molar-refractivity contribution in [2.24, 2.45) is 0 Å². The lowest BCUT2D eigenvalue weighted by molar-refractivity contribution is 0.550. The summed E-state index contributed by atoms with van der Waals surface area (Å²) in [5, 5.41) is 0. The zero-order valence-corrected chi connectivity index (χ0v) is 7.31. The molecule has 0 saturated heterocycles. The first-order valence-corrected chi connectivity index (χ1v) is 4.87. The molecular formula is C7H8FNO2S. The quantitative estimate of drug-likeness (QED) is 0.656. The molecule has 3 nitrogen and oxygen atoms in total. The molecule has 1 aromatic heterocycles. The van der Waals surface area contributed by atoms with E-state index < -0.39 is 16.0 Å². The Morgan fingerprint density at radius 2 is 2.17 bits per heavy atom. The molecule has 0 aliphatic rings. The van der Waals surface area contributed by atoms with Gasteiger partial charge in [0, 0.05) is 5.69 Å². The summed E-state index contributed by atoms with van der Waals surface area (Å²) in [4.78, 5) is 3.84. The Morgan fingerprint density at radius 1 is 1.50 bits per heavy atom. The zero-order chi connectivity index (χ0) is 9.19. The number of hydrogen-bond acceptors (Lipinski definition) is 3. The molecule has 0 amide bonds. The third-order valence-corrected chi connectivity index (χ3v) is 1.91. The first-order valence-electron chi connectivity index (χ1n) is 3.32. The first kappa shape index (κ1) is 9.12. The summed E-state index contributed by atoms with van der Waals surface area (Å²) >= 11 is 0. The van der Waals surface area contributed by atoms with Crippen LogP contribution in [0.1, 0.15) is 11.4 Å². The summed E-state index contributed by atoms with van der Waals surface area (Å²) in [6.07, 6.45) is 0. The van der Waals surface area contributed by atoms with E-state index in [9.17, 15) is 12.3 Å². The van der Waals surface area contributed by atoms with Gasteiger partial charge in [0.25, 0.3) is 0 Å². The number of aromatic nitrogens is 1. The van der Waals surface area contributed by atoms with Crippen LogP contribution in [0.15, 0.2) is 18.2 Å². The van der Waals surface area contributed by atoms with Crippen molar-refractivity contribution in [3.05, 3.63) is 29.6 Å². The monoisotopic (exact) mass is 189 g/mol. The number of pyridine rings is 1. The van der Waals surface area contributed by atoms with Gasteiger partial charge in [-0.1, -0.05) is 6.07 Å². The third kappa shape index (κ3) is 2.96. The Hall–Kier alpha value is -0.970. The molecule has 0 aliphatic carbocycles. The molecule has 1 rings (SSSR count). The highest BCUT2D eigenvalue weighted by Crippen LogP contribution is 2.04. The third-order valence-electron chi connectivity index (χ3n) is 1.27. The van der Waals surface area contributed by atoms with Crippen LogP contribution in [0.2, 0.25) is 0 Å². The van der Waals surface area contributed by atoms with Gasteiger partial charge in [-0.25, -0.2) is 0 Å². The second kappa shape index (κ2) is 3.18. The molecule has 0 aromatic carbocycles. The number of rotatable bonds is 2. The normalized spacial score (nSPS) is 11.5. The van der Waals surface area contributed by atoms with E-state index >= 15 is 0 Å². The van der Waals surface area contributed by atoms with Crippen LogP contribution in [0.3, 0.4) is 0 Å². The maximum Gasteiger partial charge on any atom is 0.308 e. The van der Waals surface area contributed by atoms with Crippen LogP contribution in [0, 0.1) is 6.92 Å². The van der Waals surface area contributed by atoms with E-state index in [1.165, 1.54) is 6.07 Å². The fourth-order valence-corrected chi connectivity index (χ4v) is 1.37. The molecule has 0 radical (unpaired) electrons. The number of halogens is 1. The second-order valence-corrected chi connectivity index (χ2v) is 3.82. The van der Waals surface area contributed by atoms with Gasteiger partial charge in [0.1, 0.15) is 5.75 Å². The highest BCUT2D eigenvalue weighted by atomic mass is 32.3. The van der Waals surface area contributed by atoms with E-state index in [1.54, 1.807) is 19.1 Å². The predicted octanol–water partition coefficient (Wildman–Crippen LogP) is 1.19. The van der Waals surface area contributed by atoms with E-state index in [0.29, 0.717) is 5.69 Å². The van der Waals surface area contributed by atoms with Crippen LogP contribution in [0.4, 0.5) is 3.89 Å². The zero-order valence-electron chi connectivity index (χ0n) is 6.49. The van der Waals surface area contributed by atoms with Crippen molar-refractivity contribution in [1.82, 2.24) is 4.98 Å². The summed E-state index contributed by atoms with van der Waals surface area (Å²) in [5.74, 6) is -0.644. The standard InChI is InChI=1S/C7H8FNO2S/c1-6-3-2-4-7(9-6)5-12(8,10)11/h2-4H,5H2,1H3. The maximum atomic E-state index is 12.1. The Bertz CT molecular complexity index is 375. The molecule has 12 heavy (non-hydrogen) atoms. The van der Waals surface area contributed by atoms with E-state index in [2.05, 4.69) is 4.98 Å². The van der Waals surface area contributed by atoms with Gasteiger partial charge >= 0.3 is 10.2 Å². The van der Waals surface area contributed by atoms with Gasteiger partial charge in [0.2, 0.25) is 0 Å². The molecule has 0 aliphatic heterocycles. The smallest absolute Gasteiger partial charge is 0.257 e. The molecule has 0 N–H and O–H groups in total. The molecule has 0 spiro atoms. The Morgan fingerprint density at radius 3 is 2.67 bits per heavy atom. The Kier molecular flexibility index (Phi) is 2.42. The van der Waals surface area contributed by atoms with Gasteiger partial charge in [0.05, 0.1) is 5.69 Å². The molecular weight excluding hydrogens is 181 g/mol. The largest absolute Gasteiger partial charge is 0.308 e. The van der Waals surface area contributed by atoms with Crippen LogP contribution in [0.5, 0.6) is 0 Å². The fourth-order valence-electron chi connectivity index (χ4n) is 0.857. The van der Waals surface area contributed by atoms with Crippen molar-refractivity contribution in [3.63, 3.8) is 0 Å². The molecule has 66 valence electrons. The van der Waals surface area contributed by atoms with Gasteiger partial charge in [-0.2, -0.15) is 8.42 Å². The lowest BCUT2D eigenvalue weighted by Gasteiger charge is -1.96. The summed E-state index contributed by atoms with van der Waals surface area (Å²) in [6.45, 7) is 1.72. The average Bonchev–Trinajstić information content (AvgIpc) is 1.82. The van der Waals surface area contributed by atoms with Gasteiger partial charge < -0.3 is 0 Å². The summed E-state index contributed by atoms with van der Waals surface area (Å²) < 4.78 is 32.5. The van der Waals surface area contributed by atoms with Crippen molar-refractivity contribution in [1.29, 1.82) is 0 Å². The van der Waals surface area contributed by atoms with Gasteiger partial charge in [-0.15, -0.1) is 3.89 Å². The lowest BCUT2D eigenvalue weighted by atomic mass is 10.3. The molecule has 0 unspecified atom stereocenters. The van der Waals surface area contributed by atoms with Crippen LogP contribution in [-0.4, -0.2) is 13.4 Å². The summed E-state index contributed by atoms with van der Waals surface area (Å²) in [5.41, 5.74) is 0.911. The summed E-state index contributed by atoms with van der Waals surface area (Å²) in [7, 11) is -4.46. The van der Waals surface area contributed by atoms with E-state index in [0.717, 1.165) is 0 Å². The van der Waals surface area contributed by atoms with Crippen LogP contribution >= 0.6 is 0 Å². The van der Waals surface area contributed by atoms with E-state index in [4.69, 9.17) is 0 Å². The van der Waals surface area contributed by atoms with E-state index in [1.807, 2.05) is 0 Å². The average molecular weight is 189 g/mol. The predicted molar refractivity (Wildman–Crippen MR) is 42.7 cm³/mol. The van der Waals surface area contributed by atoms with Gasteiger partial charge in [0.15, 0.2) is 0 Å². The highest BCUT2D eigenvalue weighted by molar-refractivity contribution is 7.85. The molecule has 0 bridgehead atoms. The van der Waals surface area contributed by atoms with Crippen molar-refractivity contribution >= 4 is 10.2 Å². The Labute approximate surface area is 70.5 Å². The molecule has 0 saturated carbocycles. The molecule has 1 heterocycles. The number of hydrogen-bond donors (Lipinski definition) is 0. The fraction of sp³-hybridized carbons (Fsp3) is 0.286. The van der Waals surface area contributed by atoms with Crippen LogP contribution < -0.4 is 0 Å². The highest BCUT2D eigenvalue weighted by Gasteiger charge is 2.09. The molecule has 1 aromatic rings. The summed E-state index contributed by atoms with van der Waals surface area (Å²) in [6, 6.07) is 4.83. The molecule has 5 heteroatoms. The minimum Gasteiger partial charge on any atom is -0.257 e.